The van der Waals surface area contributed by atoms with Gasteiger partial charge in [0.1, 0.15) is 10.9 Å². The van der Waals surface area contributed by atoms with Crippen LogP contribution in [0.1, 0.15) is 26.7 Å². The predicted octanol–water partition coefficient (Wildman–Crippen LogP) is 9.75. The average Bonchev–Trinajstić information content (AvgIpc) is 3.68. The number of nitrogens with zero attached hydrogens (tertiary/aromatic N) is 2. The van der Waals surface area contributed by atoms with E-state index >= 15 is 0 Å². The number of thiazole rings is 1. The summed E-state index contributed by atoms with van der Waals surface area (Å²) in [4.78, 5) is 56.8. The first kappa shape index (κ1) is 36.5. The maximum atomic E-state index is 13.9. The van der Waals surface area contributed by atoms with Crippen LogP contribution in [-0.4, -0.2) is 27.6 Å². The maximum absolute atomic E-state index is 13.9. The summed E-state index contributed by atoms with van der Waals surface area (Å²) in [6.45, 7) is 0. The fraction of sp³-hybridized carbons (Fsp3) is 0.0233. The molecule has 1 unspecified atom stereocenters. The molecule has 7 rings (SSSR count). The van der Waals surface area contributed by atoms with Crippen LogP contribution in [0.2, 0.25) is 0 Å². The topological polar surface area (TPSA) is 143 Å². The molecule has 7 aromatic rings. The van der Waals surface area contributed by atoms with Crippen molar-refractivity contribution in [1.29, 1.82) is 0 Å². The largest absolute Gasteiger partial charge is 0.321 e. The second-order valence-corrected chi connectivity index (χ2v) is 14.2. The van der Waals surface area contributed by atoms with Crippen LogP contribution < -0.4 is 16.0 Å². The monoisotopic (exact) mass is 761 g/mol. The van der Waals surface area contributed by atoms with Gasteiger partial charge in [-0.15, -0.1) is 23.1 Å². The Kier molecular flexibility index (Phi) is 11.2. The minimum absolute atomic E-state index is 0.0752. The summed E-state index contributed by atoms with van der Waals surface area (Å²) in [5.41, 5.74) is 3.55. The highest BCUT2D eigenvalue weighted by molar-refractivity contribution is 8.00. The van der Waals surface area contributed by atoms with E-state index in [0.29, 0.717) is 26.8 Å². The number of thioether (sulfide) groups is 1. The van der Waals surface area contributed by atoms with Gasteiger partial charge in [-0.3, -0.25) is 24.5 Å². The number of amides is 3. The number of non-ortho nitro benzene ring substituents is 1. The highest BCUT2D eigenvalue weighted by Crippen LogP contribution is 2.38. The standard InChI is InChI=1S/C43H31N5O5S2/c49-40(31-13-5-2-6-14-31)45-37(24-28-18-22-35(23-19-28)48(52)53)41(50)44-34-16-9-17-36(26-34)55-39(30-11-3-1-4-12-30)42(51)47-43-46-38(27-54-43)33-21-20-29-10-7-8-15-32(29)25-33/h1-27,39H,(H,44,50)(H,45,49)(H,46,47,51)/b37-24+. The molecule has 0 spiro atoms. The van der Waals surface area contributed by atoms with Crippen LogP contribution in [0.4, 0.5) is 16.5 Å². The van der Waals surface area contributed by atoms with Gasteiger partial charge in [0, 0.05) is 39.2 Å². The van der Waals surface area contributed by atoms with Crippen molar-refractivity contribution >= 4 is 74.2 Å². The SMILES string of the molecule is O=C(Nc1cccc(SC(C(=O)Nc2nc(-c3ccc4ccccc4c3)cs2)c2ccccc2)c1)/C(=C\c1ccc([N+](=O)[O-])cc1)NC(=O)c1ccccc1. The zero-order valence-corrected chi connectivity index (χ0v) is 30.6. The molecule has 3 N–H and O–H groups in total. The number of carbonyl (C=O) groups excluding carboxylic acids is 3. The first-order valence-electron chi connectivity index (χ1n) is 17.0. The third kappa shape index (κ3) is 9.19. The normalized spacial score (nSPS) is 11.7. The van der Waals surface area contributed by atoms with E-state index in [2.05, 4.69) is 40.2 Å². The summed E-state index contributed by atoms with van der Waals surface area (Å²) in [5.74, 6) is -1.38. The lowest BCUT2D eigenvalue weighted by Crippen LogP contribution is -2.30. The average molecular weight is 762 g/mol. The highest BCUT2D eigenvalue weighted by atomic mass is 32.2. The van der Waals surface area contributed by atoms with E-state index in [9.17, 15) is 24.5 Å². The lowest BCUT2D eigenvalue weighted by atomic mass is 10.1. The fourth-order valence-corrected chi connectivity index (χ4v) is 7.47. The Labute approximate surface area is 324 Å². The first-order chi connectivity index (χ1) is 26.8. The van der Waals surface area contributed by atoms with E-state index in [1.165, 1.54) is 53.4 Å². The smallest absolute Gasteiger partial charge is 0.272 e. The zero-order chi connectivity index (χ0) is 38.1. The second kappa shape index (κ2) is 16.8. The summed E-state index contributed by atoms with van der Waals surface area (Å²) in [5, 5.41) is 23.7. The Morgan fingerprint density at radius 2 is 1.45 bits per heavy atom. The minimum atomic E-state index is -0.664. The lowest BCUT2D eigenvalue weighted by molar-refractivity contribution is -0.384. The number of nitrogens with one attached hydrogen (secondary N) is 3. The van der Waals surface area contributed by atoms with Crippen molar-refractivity contribution in [2.24, 2.45) is 0 Å². The van der Waals surface area contributed by atoms with Gasteiger partial charge >= 0.3 is 0 Å². The third-order valence-corrected chi connectivity index (χ3v) is 10.4. The van der Waals surface area contributed by atoms with Crippen molar-refractivity contribution in [3.05, 3.63) is 190 Å². The van der Waals surface area contributed by atoms with Gasteiger partial charge in [0.05, 0.1) is 10.6 Å². The Bertz CT molecular complexity index is 2540. The second-order valence-electron chi connectivity index (χ2n) is 12.2. The summed E-state index contributed by atoms with van der Waals surface area (Å²) in [6.07, 6.45) is 1.44. The molecular formula is C43H31N5O5S2. The molecule has 0 radical (unpaired) electrons. The van der Waals surface area contributed by atoms with Crippen molar-refractivity contribution < 1.29 is 19.3 Å². The molecule has 3 amide bonds. The number of aromatic nitrogens is 1. The van der Waals surface area contributed by atoms with E-state index in [4.69, 9.17) is 4.98 Å². The molecule has 0 fully saturated rings. The summed E-state index contributed by atoms with van der Waals surface area (Å²) in [6, 6.07) is 44.7. The summed E-state index contributed by atoms with van der Waals surface area (Å²) < 4.78 is 0. The molecule has 1 atom stereocenters. The molecular weight excluding hydrogens is 731 g/mol. The van der Waals surface area contributed by atoms with Gasteiger partial charge in [0.25, 0.3) is 17.5 Å². The molecule has 0 bridgehead atoms. The molecule has 55 heavy (non-hydrogen) atoms. The van der Waals surface area contributed by atoms with Crippen molar-refractivity contribution in [2.45, 2.75) is 10.1 Å². The van der Waals surface area contributed by atoms with Gasteiger partial charge in [-0.25, -0.2) is 4.98 Å². The van der Waals surface area contributed by atoms with Crippen molar-refractivity contribution in [1.82, 2.24) is 10.3 Å². The van der Waals surface area contributed by atoms with Gasteiger partial charge in [-0.1, -0.05) is 91.0 Å². The van der Waals surface area contributed by atoms with Crippen LogP contribution in [0.5, 0.6) is 0 Å². The van der Waals surface area contributed by atoms with E-state index < -0.39 is 22.0 Å². The summed E-state index contributed by atoms with van der Waals surface area (Å²) >= 11 is 2.66. The van der Waals surface area contributed by atoms with Crippen LogP contribution >= 0.6 is 23.1 Å². The third-order valence-electron chi connectivity index (χ3n) is 8.41. The van der Waals surface area contributed by atoms with E-state index in [-0.39, 0.29) is 17.3 Å². The molecule has 1 heterocycles. The van der Waals surface area contributed by atoms with Crippen molar-refractivity contribution in [2.75, 3.05) is 10.6 Å². The first-order valence-corrected chi connectivity index (χ1v) is 18.8. The van der Waals surface area contributed by atoms with Crippen LogP contribution in [0.15, 0.2) is 168 Å². The quantitative estimate of drug-likeness (QED) is 0.0487. The van der Waals surface area contributed by atoms with Crippen molar-refractivity contribution in [3.8, 4) is 11.3 Å². The molecule has 270 valence electrons. The van der Waals surface area contributed by atoms with Crippen LogP contribution in [0.3, 0.4) is 0 Å². The van der Waals surface area contributed by atoms with E-state index in [0.717, 1.165) is 27.6 Å². The number of hydrogen-bond acceptors (Lipinski definition) is 8. The molecule has 0 saturated heterocycles. The van der Waals surface area contributed by atoms with Crippen LogP contribution in [0, 0.1) is 10.1 Å². The van der Waals surface area contributed by atoms with Gasteiger partial charge in [-0.05, 0) is 76.5 Å². The van der Waals surface area contributed by atoms with Crippen molar-refractivity contribution in [3.63, 3.8) is 0 Å². The Balaban J connectivity index is 1.10. The van der Waals surface area contributed by atoms with Gasteiger partial charge in [0.15, 0.2) is 5.13 Å². The maximum Gasteiger partial charge on any atom is 0.272 e. The Morgan fingerprint density at radius 1 is 0.745 bits per heavy atom. The molecule has 0 saturated carbocycles. The lowest BCUT2D eigenvalue weighted by Gasteiger charge is -2.17. The van der Waals surface area contributed by atoms with E-state index in [1.54, 1.807) is 48.5 Å². The number of rotatable bonds is 12. The number of anilines is 2. The van der Waals surface area contributed by atoms with Gasteiger partial charge < -0.3 is 16.0 Å². The molecule has 1 aromatic heterocycles. The van der Waals surface area contributed by atoms with Crippen LogP contribution in [0.25, 0.3) is 28.1 Å². The molecule has 6 aromatic carbocycles. The highest BCUT2D eigenvalue weighted by Gasteiger charge is 2.24. The minimum Gasteiger partial charge on any atom is -0.321 e. The van der Waals surface area contributed by atoms with Gasteiger partial charge in [-0.2, -0.15) is 0 Å². The number of benzene rings is 6. The molecule has 0 aliphatic heterocycles. The molecule has 12 heteroatoms. The Morgan fingerprint density at radius 3 is 2.20 bits per heavy atom. The molecule has 0 aliphatic carbocycles. The number of hydrogen-bond donors (Lipinski definition) is 3. The number of nitro benzene ring substituents is 1. The number of carbonyl (C=O) groups is 3. The number of nitro groups is 1. The summed E-state index contributed by atoms with van der Waals surface area (Å²) in [7, 11) is 0. The zero-order valence-electron chi connectivity index (χ0n) is 28.9. The Hall–Kier alpha value is -6.89. The van der Waals surface area contributed by atoms with E-state index in [1.807, 2.05) is 60.0 Å². The number of fused-ring (bicyclic) bond motifs is 1. The molecule has 0 aliphatic rings. The fourth-order valence-electron chi connectivity index (χ4n) is 5.67. The predicted molar refractivity (Wildman–Crippen MR) is 219 cm³/mol. The van der Waals surface area contributed by atoms with Crippen LogP contribution in [-0.2, 0) is 9.59 Å². The van der Waals surface area contributed by atoms with Gasteiger partial charge in [0.2, 0.25) is 5.91 Å². The molecule has 10 nitrogen and oxygen atoms in total.